The normalized spacial score (nSPS) is 14.5. The van der Waals surface area contributed by atoms with Crippen molar-refractivity contribution >= 4 is 39.2 Å². The number of hydrogen-bond donors (Lipinski definition) is 0. The summed E-state index contributed by atoms with van der Waals surface area (Å²) in [7, 11) is 0. The summed E-state index contributed by atoms with van der Waals surface area (Å²) >= 11 is 17.8. The van der Waals surface area contributed by atoms with Crippen molar-refractivity contribution in [1.82, 2.24) is 5.06 Å². The van der Waals surface area contributed by atoms with Gasteiger partial charge in [0.1, 0.15) is 6.10 Å². The molecule has 0 spiro atoms. The van der Waals surface area contributed by atoms with Crippen molar-refractivity contribution in [2.45, 2.75) is 91.1 Å². The van der Waals surface area contributed by atoms with E-state index in [0.29, 0.717) is 12.5 Å². The van der Waals surface area contributed by atoms with Crippen LogP contribution in [-0.2, 0) is 16.2 Å². The lowest BCUT2D eigenvalue weighted by atomic mass is 9.92. The Morgan fingerprint density at radius 3 is 2.00 bits per heavy atom. The highest BCUT2D eigenvalue weighted by Gasteiger charge is 2.34. The van der Waals surface area contributed by atoms with Gasteiger partial charge in [-0.1, -0.05) is 81.3 Å². The summed E-state index contributed by atoms with van der Waals surface area (Å²) in [5.41, 5.74) is 3.42. The Labute approximate surface area is 228 Å². The fourth-order valence-electron chi connectivity index (χ4n) is 4.09. The van der Waals surface area contributed by atoms with Gasteiger partial charge in [-0.25, -0.2) is 0 Å². The van der Waals surface area contributed by atoms with Crippen molar-refractivity contribution in [2.24, 2.45) is 5.92 Å². The first kappa shape index (κ1) is 30.6. The van der Waals surface area contributed by atoms with Crippen molar-refractivity contribution in [3.63, 3.8) is 0 Å². The van der Waals surface area contributed by atoms with Gasteiger partial charge in [-0.15, -0.1) is 33.2 Å². The van der Waals surface area contributed by atoms with E-state index >= 15 is 0 Å². The number of unbranched alkanes of at least 4 members (excludes halogenated alkanes) is 2. The number of halogens is 3. The number of nitrogens with zero attached hydrogens (tertiary/aromatic N) is 1. The van der Waals surface area contributed by atoms with Crippen LogP contribution in [0.4, 0.5) is 0 Å². The average molecular weight is 559 g/mol. The first-order chi connectivity index (χ1) is 16.4. The first-order valence-corrected chi connectivity index (χ1v) is 17.9. The molecule has 2 aromatic rings. The zero-order valence-electron chi connectivity index (χ0n) is 22.1. The van der Waals surface area contributed by atoms with E-state index in [0.717, 1.165) is 43.0 Å². The lowest BCUT2D eigenvalue weighted by molar-refractivity contribution is -0.272. The molecule has 0 saturated carbocycles. The molecule has 196 valence electrons. The summed E-state index contributed by atoms with van der Waals surface area (Å²) in [6, 6.07) is 17.6. The molecule has 0 aliphatic heterocycles. The predicted octanol–water partition coefficient (Wildman–Crippen LogP) is 9.52. The Hall–Kier alpha value is -0.593. The predicted molar refractivity (Wildman–Crippen MR) is 153 cm³/mol. The molecular weight excluding hydrogens is 517 g/mol. The summed E-state index contributed by atoms with van der Waals surface area (Å²) in [5.74, 6) is 0.396. The highest BCUT2D eigenvalue weighted by molar-refractivity contribution is 7.64. The van der Waals surface area contributed by atoms with Crippen molar-refractivity contribution in [3.05, 3.63) is 71.3 Å². The number of hydroxylamine groups is 2. The topological polar surface area (TPSA) is 21.7 Å². The SMILES string of the molecule is CC(ON(C(c1ccccc1)C(C)C)C(C)(C)C)c1ccc(COCCCCC[Si](Cl)(Cl)Cl)cc1. The van der Waals surface area contributed by atoms with Gasteiger partial charge in [0.25, 0.3) is 0 Å². The maximum atomic E-state index is 6.66. The molecule has 0 bridgehead atoms. The zero-order valence-corrected chi connectivity index (χ0v) is 25.3. The molecule has 0 fully saturated rings. The van der Waals surface area contributed by atoms with Crippen LogP contribution in [0.2, 0.25) is 6.04 Å². The average Bonchev–Trinajstić information content (AvgIpc) is 2.77. The first-order valence-electron chi connectivity index (χ1n) is 12.6. The van der Waals surface area contributed by atoms with Crippen LogP contribution in [-0.4, -0.2) is 23.2 Å². The van der Waals surface area contributed by atoms with Crippen molar-refractivity contribution in [2.75, 3.05) is 6.61 Å². The van der Waals surface area contributed by atoms with Gasteiger partial charge >= 0.3 is 6.00 Å². The Morgan fingerprint density at radius 2 is 1.46 bits per heavy atom. The molecule has 0 radical (unpaired) electrons. The lowest BCUT2D eigenvalue weighted by Gasteiger charge is -2.44. The van der Waals surface area contributed by atoms with Gasteiger partial charge in [0.2, 0.25) is 0 Å². The maximum Gasteiger partial charge on any atom is 0.341 e. The third-order valence-electron chi connectivity index (χ3n) is 5.92. The fourth-order valence-corrected chi connectivity index (χ4v) is 5.95. The smallest absolute Gasteiger partial charge is 0.341 e. The van der Waals surface area contributed by atoms with Gasteiger partial charge in [-0.2, -0.15) is 5.06 Å². The maximum absolute atomic E-state index is 6.66. The second-order valence-electron chi connectivity index (χ2n) is 10.6. The number of ether oxygens (including phenoxy) is 1. The largest absolute Gasteiger partial charge is 0.377 e. The molecule has 7 heteroatoms. The number of benzene rings is 2. The Bertz CT molecular complexity index is 851. The van der Waals surface area contributed by atoms with Crippen LogP contribution in [0.15, 0.2) is 54.6 Å². The van der Waals surface area contributed by atoms with Gasteiger partial charge in [-0.3, -0.25) is 4.84 Å². The van der Waals surface area contributed by atoms with Crippen LogP contribution in [0.3, 0.4) is 0 Å². The van der Waals surface area contributed by atoms with E-state index in [4.69, 9.17) is 42.8 Å². The minimum atomic E-state index is -2.48. The standard InChI is InChI=1S/C28H42Cl3NO2Si/c1-22(2)27(26-13-9-7-10-14-26)32(28(4,5)6)34-23(3)25-17-15-24(16-18-25)21-33-19-11-8-12-20-35(29,30)31/h7,9-10,13-18,22-23,27H,8,11-12,19-21H2,1-6H3. The van der Waals surface area contributed by atoms with Crippen LogP contribution < -0.4 is 0 Å². The molecule has 0 saturated heterocycles. The lowest BCUT2D eigenvalue weighted by Crippen LogP contribution is -2.46. The van der Waals surface area contributed by atoms with Gasteiger partial charge < -0.3 is 4.74 Å². The highest BCUT2D eigenvalue weighted by atomic mass is 35.8. The van der Waals surface area contributed by atoms with Gasteiger partial charge in [-0.05, 0) is 62.8 Å². The van der Waals surface area contributed by atoms with Crippen LogP contribution >= 0.6 is 33.2 Å². The van der Waals surface area contributed by atoms with E-state index in [9.17, 15) is 0 Å². The Morgan fingerprint density at radius 1 is 0.829 bits per heavy atom. The van der Waals surface area contributed by atoms with Gasteiger partial charge in [0.05, 0.1) is 12.6 Å². The van der Waals surface area contributed by atoms with Crippen molar-refractivity contribution < 1.29 is 9.57 Å². The molecule has 0 N–H and O–H groups in total. The molecule has 2 aromatic carbocycles. The van der Waals surface area contributed by atoms with Crippen LogP contribution in [0.1, 0.15) is 89.6 Å². The molecule has 0 amide bonds. The fraction of sp³-hybridized carbons (Fsp3) is 0.571. The van der Waals surface area contributed by atoms with Crippen LogP contribution in [0.25, 0.3) is 0 Å². The molecule has 0 aliphatic rings. The minimum absolute atomic E-state index is 0.0735. The molecule has 3 nitrogen and oxygen atoms in total. The second-order valence-corrected chi connectivity index (χ2v) is 19.8. The van der Waals surface area contributed by atoms with E-state index in [2.05, 4.69) is 101 Å². The Balaban J connectivity index is 1.93. The molecule has 2 unspecified atom stereocenters. The van der Waals surface area contributed by atoms with Crippen molar-refractivity contribution in [3.8, 4) is 0 Å². The molecule has 0 aliphatic carbocycles. The van der Waals surface area contributed by atoms with Gasteiger partial charge in [0.15, 0.2) is 0 Å². The van der Waals surface area contributed by atoms with E-state index < -0.39 is 6.00 Å². The summed E-state index contributed by atoms with van der Waals surface area (Å²) in [6.45, 7) is 14.6. The molecule has 0 heterocycles. The monoisotopic (exact) mass is 557 g/mol. The quantitative estimate of drug-likeness (QED) is 0.0997. The highest BCUT2D eigenvalue weighted by Crippen LogP contribution is 2.37. The number of hydrogen-bond acceptors (Lipinski definition) is 3. The van der Waals surface area contributed by atoms with E-state index in [1.165, 1.54) is 5.56 Å². The second kappa shape index (κ2) is 14.4. The van der Waals surface area contributed by atoms with Crippen molar-refractivity contribution in [1.29, 1.82) is 0 Å². The van der Waals surface area contributed by atoms with Crippen LogP contribution in [0, 0.1) is 5.92 Å². The summed E-state index contributed by atoms with van der Waals surface area (Å²) in [4.78, 5) is 6.66. The molecular formula is C28H42Cl3NO2Si. The van der Waals surface area contributed by atoms with Crippen LogP contribution in [0.5, 0.6) is 0 Å². The Kier molecular flexibility index (Phi) is 12.6. The third-order valence-corrected chi connectivity index (χ3v) is 8.55. The third kappa shape index (κ3) is 11.1. The summed E-state index contributed by atoms with van der Waals surface area (Å²) in [6.07, 6.45) is 2.89. The van der Waals surface area contributed by atoms with Gasteiger partial charge in [0, 0.05) is 12.1 Å². The summed E-state index contributed by atoms with van der Waals surface area (Å²) < 4.78 is 5.84. The van der Waals surface area contributed by atoms with E-state index in [-0.39, 0.29) is 17.7 Å². The summed E-state index contributed by atoms with van der Waals surface area (Å²) in [5, 5.41) is 2.18. The minimum Gasteiger partial charge on any atom is -0.377 e. The zero-order chi connectivity index (χ0) is 26.1. The molecule has 2 atom stereocenters. The number of rotatable bonds is 14. The van der Waals surface area contributed by atoms with E-state index in [1.54, 1.807) is 0 Å². The molecule has 2 rings (SSSR count). The van der Waals surface area contributed by atoms with E-state index in [1.807, 2.05) is 0 Å². The molecule has 0 aromatic heterocycles. The molecule has 35 heavy (non-hydrogen) atoms.